The van der Waals surface area contributed by atoms with Crippen LogP contribution in [0, 0.1) is 5.92 Å². The molecule has 26 heavy (non-hydrogen) atoms. The molecule has 1 unspecified atom stereocenters. The first-order valence-corrected chi connectivity index (χ1v) is 9.90. The van der Waals surface area contributed by atoms with E-state index in [4.69, 9.17) is 4.74 Å². The standard InChI is InChI=1S/C21H35N3O2/c1-15(2)14-24-12-10-18(11-13-24)23-21(25)22-17(5)19-8-6-7-9-20(19)26-16(3)4/h6-9,15-18H,10-14H2,1-5H3,(H2,22,23,25). The van der Waals surface area contributed by atoms with E-state index >= 15 is 0 Å². The molecule has 0 aliphatic carbocycles. The molecule has 0 saturated carbocycles. The van der Waals surface area contributed by atoms with Gasteiger partial charge in [-0.2, -0.15) is 0 Å². The van der Waals surface area contributed by atoms with Gasteiger partial charge in [-0.1, -0.05) is 32.0 Å². The van der Waals surface area contributed by atoms with Crippen LogP contribution in [0.5, 0.6) is 5.75 Å². The largest absolute Gasteiger partial charge is 0.491 e. The summed E-state index contributed by atoms with van der Waals surface area (Å²) in [5.74, 6) is 1.52. The smallest absolute Gasteiger partial charge is 0.315 e. The third-order valence-corrected chi connectivity index (χ3v) is 4.64. The van der Waals surface area contributed by atoms with Crippen molar-refractivity contribution >= 4 is 6.03 Å². The number of para-hydroxylation sites is 1. The van der Waals surface area contributed by atoms with Gasteiger partial charge < -0.3 is 20.3 Å². The maximum Gasteiger partial charge on any atom is 0.315 e. The minimum Gasteiger partial charge on any atom is -0.491 e. The van der Waals surface area contributed by atoms with Gasteiger partial charge in [0.25, 0.3) is 0 Å². The second-order valence-electron chi connectivity index (χ2n) is 8.01. The Kier molecular flexibility index (Phi) is 7.76. The molecular weight excluding hydrogens is 326 g/mol. The molecule has 0 radical (unpaired) electrons. The highest BCUT2D eigenvalue weighted by atomic mass is 16.5. The Morgan fingerprint density at radius 1 is 1.15 bits per heavy atom. The van der Waals surface area contributed by atoms with Gasteiger partial charge in [0, 0.05) is 31.2 Å². The molecule has 1 aromatic carbocycles. The lowest BCUT2D eigenvalue weighted by Crippen LogP contribution is -2.48. The fourth-order valence-electron chi connectivity index (χ4n) is 3.48. The summed E-state index contributed by atoms with van der Waals surface area (Å²) >= 11 is 0. The van der Waals surface area contributed by atoms with Crippen molar-refractivity contribution in [3.8, 4) is 5.75 Å². The number of benzene rings is 1. The zero-order valence-corrected chi connectivity index (χ0v) is 16.9. The van der Waals surface area contributed by atoms with Gasteiger partial charge in [-0.25, -0.2) is 4.79 Å². The number of rotatable bonds is 7. The quantitative estimate of drug-likeness (QED) is 0.773. The summed E-state index contributed by atoms with van der Waals surface area (Å²) in [4.78, 5) is 14.9. The van der Waals surface area contributed by atoms with Gasteiger partial charge in [0.1, 0.15) is 5.75 Å². The second kappa shape index (κ2) is 9.81. The average Bonchev–Trinajstić information content (AvgIpc) is 2.56. The molecule has 1 atom stereocenters. The van der Waals surface area contributed by atoms with E-state index in [1.165, 1.54) is 0 Å². The van der Waals surface area contributed by atoms with Crippen molar-refractivity contribution in [3.63, 3.8) is 0 Å². The average molecular weight is 362 g/mol. The van der Waals surface area contributed by atoms with E-state index in [0.717, 1.165) is 43.8 Å². The molecule has 1 aliphatic heterocycles. The van der Waals surface area contributed by atoms with Crippen molar-refractivity contribution in [2.45, 2.75) is 65.6 Å². The van der Waals surface area contributed by atoms with Gasteiger partial charge in [0.15, 0.2) is 0 Å². The normalized spacial score (nSPS) is 17.3. The van der Waals surface area contributed by atoms with Crippen LogP contribution in [-0.4, -0.2) is 42.7 Å². The Balaban J connectivity index is 1.83. The van der Waals surface area contributed by atoms with Crippen LogP contribution in [0.2, 0.25) is 0 Å². The zero-order valence-electron chi connectivity index (χ0n) is 16.9. The fraction of sp³-hybridized carbons (Fsp3) is 0.667. The van der Waals surface area contributed by atoms with Crippen LogP contribution in [0.25, 0.3) is 0 Å². The van der Waals surface area contributed by atoms with Crippen LogP contribution >= 0.6 is 0 Å². The highest BCUT2D eigenvalue weighted by Crippen LogP contribution is 2.25. The number of hydrogen-bond acceptors (Lipinski definition) is 3. The molecule has 2 rings (SSSR count). The lowest BCUT2D eigenvalue weighted by Gasteiger charge is -2.33. The molecular formula is C21H35N3O2. The Morgan fingerprint density at radius 3 is 2.42 bits per heavy atom. The van der Waals surface area contributed by atoms with E-state index in [1.807, 2.05) is 45.0 Å². The molecule has 5 nitrogen and oxygen atoms in total. The topological polar surface area (TPSA) is 53.6 Å². The molecule has 1 saturated heterocycles. The number of carbonyl (C=O) groups is 1. The fourth-order valence-corrected chi connectivity index (χ4v) is 3.48. The van der Waals surface area contributed by atoms with Crippen LogP contribution < -0.4 is 15.4 Å². The number of nitrogens with zero attached hydrogens (tertiary/aromatic N) is 1. The molecule has 146 valence electrons. The maximum absolute atomic E-state index is 12.4. The molecule has 2 amide bonds. The van der Waals surface area contributed by atoms with Crippen LogP contribution in [0.3, 0.4) is 0 Å². The first kappa shape index (κ1) is 20.6. The number of nitrogens with one attached hydrogen (secondary N) is 2. The van der Waals surface area contributed by atoms with Crippen LogP contribution in [0.1, 0.15) is 59.1 Å². The Morgan fingerprint density at radius 2 is 1.81 bits per heavy atom. The Labute approximate surface area is 158 Å². The number of amides is 2. The predicted octanol–water partition coefficient (Wildman–Crippen LogP) is 3.95. The van der Waals surface area contributed by atoms with Gasteiger partial charge >= 0.3 is 6.03 Å². The Hall–Kier alpha value is -1.75. The summed E-state index contributed by atoms with van der Waals surface area (Å²) in [6.07, 6.45) is 2.14. The third kappa shape index (κ3) is 6.52. The SMILES string of the molecule is CC(C)CN1CCC(NC(=O)NC(C)c2ccccc2OC(C)C)CC1. The van der Waals surface area contributed by atoms with Gasteiger partial charge in [-0.15, -0.1) is 0 Å². The monoisotopic (exact) mass is 361 g/mol. The molecule has 5 heteroatoms. The predicted molar refractivity (Wildman–Crippen MR) is 107 cm³/mol. The molecule has 0 aromatic heterocycles. The molecule has 1 aromatic rings. The van der Waals surface area contributed by atoms with Crippen molar-refractivity contribution in [1.82, 2.24) is 15.5 Å². The number of likely N-dealkylation sites (tertiary alicyclic amines) is 1. The molecule has 1 heterocycles. The highest BCUT2D eigenvalue weighted by Gasteiger charge is 2.22. The maximum atomic E-state index is 12.4. The lowest BCUT2D eigenvalue weighted by atomic mass is 10.0. The highest BCUT2D eigenvalue weighted by molar-refractivity contribution is 5.74. The number of piperidine rings is 1. The van der Waals surface area contributed by atoms with Crippen molar-refractivity contribution in [2.24, 2.45) is 5.92 Å². The minimum absolute atomic E-state index is 0.0980. The van der Waals surface area contributed by atoms with Crippen LogP contribution in [-0.2, 0) is 0 Å². The van der Waals surface area contributed by atoms with Gasteiger partial charge in [-0.05, 0) is 45.6 Å². The molecule has 2 N–H and O–H groups in total. The number of ether oxygens (including phenoxy) is 1. The molecule has 1 fully saturated rings. The van der Waals surface area contributed by atoms with Gasteiger partial charge in [-0.3, -0.25) is 0 Å². The summed E-state index contributed by atoms with van der Waals surface area (Å²) < 4.78 is 5.86. The van der Waals surface area contributed by atoms with Crippen molar-refractivity contribution < 1.29 is 9.53 Å². The first-order chi connectivity index (χ1) is 12.3. The zero-order chi connectivity index (χ0) is 19.1. The second-order valence-corrected chi connectivity index (χ2v) is 8.01. The summed E-state index contributed by atoms with van der Waals surface area (Å²) in [5, 5.41) is 6.19. The van der Waals surface area contributed by atoms with E-state index in [0.29, 0.717) is 5.92 Å². The molecule has 0 bridgehead atoms. The van der Waals surface area contributed by atoms with Crippen LogP contribution in [0.4, 0.5) is 4.79 Å². The van der Waals surface area contributed by atoms with Gasteiger partial charge in [0.05, 0.1) is 12.1 Å². The summed E-state index contributed by atoms with van der Waals surface area (Å²) in [6.45, 7) is 13.8. The number of hydrogen-bond donors (Lipinski definition) is 2. The lowest BCUT2D eigenvalue weighted by molar-refractivity contribution is 0.177. The van der Waals surface area contributed by atoms with Gasteiger partial charge in [0.2, 0.25) is 0 Å². The summed E-state index contributed by atoms with van der Waals surface area (Å²) in [7, 11) is 0. The first-order valence-electron chi connectivity index (χ1n) is 9.90. The summed E-state index contributed by atoms with van der Waals surface area (Å²) in [6, 6.07) is 7.95. The van der Waals surface area contributed by atoms with E-state index < -0.39 is 0 Å². The molecule has 1 aliphatic rings. The third-order valence-electron chi connectivity index (χ3n) is 4.64. The van der Waals surface area contributed by atoms with E-state index in [2.05, 4.69) is 29.4 Å². The van der Waals surface area contributed by atoms with Crippen molar-refractivity contribution in [2.75, 3.05) is 19.6 Å². The van der Waals surface area contributed by atoms with Crippen molar-refractivity contribution in [3.05, 3.63) is 29.8 Å². The summed E-state index contributed by atoms with van der Waals surface area (Å²) in [5.41, 5.74) is 1.00. The number of carbonyl (C=O) groups excluding carboxylic acids is 1. The Bertz CT molecular complexity index is 566. The molecule has 0 spiro atoms. The number of urea groups is 1. The van der Waals surface area contributed by atoms with E-state index in [9.17, 15) is 4.79 Å². The van der Waals surface area contributed by atoms with Crippen molar-refractivity contribution in [1.29, 1.82) is 0 Å². The minimum atomic E-state index is -0.106. The van der Waals surface area contributed by atoms with Crippen LogP contribution in [0.15, 0.2) is 24.3 Å². The van der Waals surface area contributed by atoms with E-state index in [-0.39, 0.29) is 24.2 Å². The van der Waals surface area contributed by atoms with E-state index in [1.54, 1.807) is 0 Å².